The summed E-state index contributed by atoms with van der Waals surface area (Å²) in [6.45, 7) is 1.98. The summed E-state index contributed by atoms with van der Waals surface area (Å²) in [5.41, 5.74) is 1.87. The number of rotatable bonds is 3. The predicted octanol–water partition coefficient (Wildman–Crippen LogP) is 3.70. The molecule has 0 aromatic carbocycles. The minimum Gasteiger partial charge on any atom is -0.454 e. The normalized spacial score (nSPS) is 10.4. The van der Waals surface area contributed by atoms with Crippen LogP contribution in [0, 0.1) is 6.92 Å². The van der Waals surface area contributed by atoms with Crippen molar-refractivity contribution in [2.45, 2.75) is 6.92 Å². The summed E-state index contributed by atoms with van der Waals surface area (Å²) >= 11 is 1.62. The third kappa shape index (κ3) is 2.77. The molecule has 0 saturated heterocycles. The lowest BCUT2D eigenvalue weighted by atomic mass is 10.2. The number of aryl methyl sites for hydroxylation is 1. The van der Waals surface area contributed by atoms with Crippen LogP contribution in [-0.4, -0.2) is 15.0 Å². The van der Waals surface area contributed by atoms with Crippen molar-refractivity contribution >= 4 is 11.3 Å². The van der Waals surface area contributed by atoms with Gasteiger partial charge in [-0.1, -0.05) is 0 Å². The van der Waals surface area contributed by atoms with Gasteiger partial charge in [0.2, 0.25) is 0 Å². The maximum atomic E-state index is 5.70. The highest BCUT2D eigenvalue weighted by atomic mass is 32.1. The molecule has 0 spiro atoms. The Hall–Kier alpha value is -2.27. The number of aromatic nitrogens is 3. The number of thiazole rings is 1. The molecular formula is C14H11N3OS. The number of hydrogen-bond acceptors (Lipinski definition) is 5. The number of pyridine rings is 2. The topological polar surface area (TPSA) is 47.9 Å². The van der Waals surface area contributed by atoms with Gasteiger partial charge < -0.3 is 4.74 Å². The molecule has 0 aliphatic carbocycles. The molecule has 0 aliphatic heterocycles. The first-order valence-corrected chi connectivity index (χ1v) is 6.65. The van der Waals surface area contributed by atoms with Crippen LogP contribution in [0.2, 0.25) is 0 Å². The van der Waals surface area contributed by atoms with E-state index in [0.717, 1.165) is 16.3 Å². The van der Waals surface area contributed by atoms with Gasteiger partial charge in [-0.3, -0.25) is 9.97 Å². The summed E-state index contributed by atoms with van der Waals surface area (Å²) < 4.78 is 5.70. The number of ether oxygens (including phenoxy) is 1. The molecule has 3 aromatic rings. The van der Waals surface area contributed by atoms with E-state index in [4.69, 9.17) is 4.74 Å². The zero-order chi connectivity index (χ0) is 13.1. The first kappa shape index (κ1) is 11.8. The fraction of sp³-hybridized carbons (Fsp3) is 0.0714. The van der Waals surface area contributed by atoms with E-state index in [1.807, 2.05) is 30.5 Å². The second kappa shape index (κ2) is 5.16. The SMILES string of the molecule is Cc1nc(-c2cncc(Oc3cccnc3)c2)cs1. The van der Waals surface area contributed by atoms with Gasteiger partial charge in [-0.25, -0.2) is 4.98 Å². The molecule has 19 heavy (non-hydrogen) atoms. The molecule has 0 unspecified atom stereocenters. The van der Waals surface area contributed by atoms with Crippen LogP contribution < -0.4 is 4.74 Å². The minimum atomic E-state index is 0.677. The summed E-state index contributed by atoms with van der Waals surface area (Å²) in [6.07, 6.45) is 6.83. The maximum Gasteiger partial charge on any atom is 0.146 e. The second-order valence-electron chi connectivity index (χ2n) is 3.95. The van der Waals surface area contributed by atoms with Crippen LogP contribution in [0.1, 0.15) is 5.01 Å². The van der Waals surface area contributed by atoms with Gasteiger partial charge in [0, 0.05) is 23.3 Å². The van der Waals surface area contributed by atoms with Crippen LogP contribution >= 0.6 is 11.3 Å². The van der Waals surface area contributed by atoms with E-state index >= 15 is 0 Å². The fourth-order valence-corrected chi connectivity index (χ4v) is 2.28. The van der Waals surface area contributed by atoms with Crippen molar-refractivity contribution in [3.05, 3.63) is 53.4 Å². The molecular weight excluding hydrogens is 258 g/mol. The van der Waals surface area contributed by atoms with Crippen molar-refractivity contribution in [2.24, 2.45) is 0 Å². The van der Waals surface area contributed by atoms with Crippen LogP contribution in [0.5, 0.6) is 11.5 Å². The third-order valence-corrected chi connectivity index (χ3v) is 3.27. The summed E-state index contributed by atoms with van der Waals surface area (Å²) in [4.78, 5) is 12.6. The van der Waals surface area contributed by atoms with Gasteiger partial charge in [0.05, 0.1) is 23.1 Å². The van der Waals surface area contributed by atoms with Crippen LogP contribution in [0.15, 0.2) is 48.4 Å². The van der Waals surface area contributed by atoms with Crippen molar-refractivity contribution in [3.8, 4) is 22.8 Å². The molecule has 3 aromatic heterocycles. The minimum absolute atomic E-state index is 0.677. The zero-order valence-electron chi connectivity index (χ0n) is 10.3. The van der Waals surface area contributed by atoms with Crippen molar-refractivity contribution in [2.75, 3.05) is 0 Å². The van der Waals surface area contributed by atoms with E-state index in [1.54, 1.807) is 36.1 Å². The lowest BCUT2D eigenvalue weighted by molar-refractivity contribution is 0.478. The first-order chi connectivity index (χ1) is 9.31. The van der Waals surface area contributed by atoms with Crippen LogP contribution in [0.25, 0.3) is 11.3 Å². The lowest BCUT2D eigenvalue weighted by Crippen LogP contribution is -1.87. The molecule has 0 aliphatic rings. The standard InChI is InChI=1S/C14H11N3OS/c1-10-17-14(9-19-10)11-5-13(8-16-6-11)18-12-3-2-4-15-7-12/h2-9H,1H3. The Labute approximate surface area is 114 Å². The third-order valence-electron chi connectivity index (χ3n) is 2.50. The van der Waals surface area contributed by atoms with E-state index in [1.165, 1.54) is 0 Å². The molecule has 5 heteroatoms. The van der Waals surface area contributed by atoms with Gasteiger partial charge in [-0.15, -0.1) is 11.3 Å². The fourth-order valence-electron chi connectivity index (χ4n) is 1.65. The molecule has 4 nitrogen and oxygen atoms in total. The highest BCUT2D eigenvalue weighted by Gasteiger charge is 2.05. The molecule has 0 saturated carbocycles. The molecule has 0 atom stereocenters. The van der Waals surface area contributed by atoms with Crippen LogP contribution in [0.4, 0.5) is 0 Å². The summed E-state index contributed by atoms with van der Waals surface area (Å²) in [5.74, 6) is 1.37. The van der Waals surface area contributed by atoms with E-state index in [9.17, 15) is 0 Å². The van der Waals surface area contributed by atoms with Crippen molar-refractivity contribution in [1.29, 1.82) is 0 Å². The molecule has 3 rings (SSSR count). The summed E-state index contributed by atoms with van der Waals surface area (Å²) in [6, 6.07) is 5.61. The first-order valence-electron chi connectivity index (χ1n) is 5.77. The van der Waals surface area contributed by atoms with Gasteiger partial charge in [0.25, 0.3) is 0 Å². The molecule has 3 heterocycles. The number of nitrogens with zero attached hydrogens (tertiary/aromatic N) is 3. The second-order valence-corrected chi connectivity index (χ2v) is 5.01. The quantitative estimate of drug-likeness (QED) is 0.727. The zero-order valence-corrected chi connectivity index (χ0v) is 11.1. The van der Waals surface area contributed by atoms with Crippen molar-refractivity contribution < 1.29 is 4.74 Å². The Kier molecular flexibility index (Phi) is 3.20. The average Bonchev–Trinajstić information content (AvgIpc) is 2.87. The van der Waals surface area contributed by atoms with E-state index < -0.39 is 0 Å². The Morgan fingerprint density at radius 3 is 2.74 bits per heavy atom. The van der Waals surface area contributed by atoms with Crippen molar-refractivity contribution in [1.82, 2.24) is 15.0 Å². The monoisotopic (exact) mass is 269 g/mol. The van der Waals surface area contributed by atoms with Gasteiger partial charge >= 0.3 is 0 Å². The van der Waals surface area contributed by atoms with E-state index in [-0.39, 0.29) is 0 Å². The summed E-state index contributed by atoms with van der Waals surface area (Å²) in [5, 5.41) is 3.05. The molecule has 0 amide bonds. The van der Waals surface area contributed by atoms with Crippen LogP contribution in [0.3, 0.4) is 0 Å². The predicted molar refractivity (Wildman–Crippen MR) is 74.4 cm³/mol. The average molecular weight is 269 g/mol. The molecule has 0 radical (unpaired) electrons. The van der Waals surface area contributed by atoms with Gasteiger partial charge in [0.15, 0.2) is 0 Å². The van der Waals surface area contributed by atoms with Gasteiger partial charge in [-0.05, 0) is 25.1 Å². The van der Waals surface area contributed by atoms with Crippen LogP contribution in [-0.2, 0) is 0 Å². The lowest BCUT2D eigenvalue weighted by Gasteiger charge is -2.05. The highest BCUT2D eigenvalue weighted by molar-refractivity contribution is 7.09. The largest absolute Gasteiger partial charge is 0.454 e. The van der Waals surface area contributed by atoms with Gasteiger partial charge in [0.1, 0.15) is 11.5 Å². The molecule has 0 bridgehead atoms. The molecule has 94 valence electrons. The molecule has 0 N–H and O–H groups in total. The molecule has 0 fully saturated rings. The summed E-state index contributed by atoms with van der Waals surface area (Å²) in [7, 11) is 0. The smallest absolute Gasteiger partial charge is 0.146 e. The maximum absolute atomic E-state index is 5.70. The highest BCUT2D eigenvalue weighted by Crippen LogP contribution is 2.26. The van der Waals surface area contributed by atoms with E-state index in [2.05, 4.69) is 15.0 Å². The Morgan fingerprint density at radius 1 is 1.11 bits per heavy atom. The van der Waals surface area contributed by atoms with Gasteiger partial charge in [-0.2, -0.15) is 0 Å². The Balaban J connectivity index is 1.88. The number of hydrogen-bond donors (Lipinski definition) is 0. The van der Waals surface area contributed by atoms with E-state index in [0.29, 0.717) is 11.5 Å². The Morgan fingerprint density at radius 2 is 2.00 bits per heavy atom. The van der Waals surface area contributed by atoms with Crippen molar-refractivity contribution in [3.63, 3.8) is 0 Å². The Bertz CT molecular complexity index is 682.